The lowest BCUT2D eigenvalue weighted by Gasteiger charge is -2.53. The van der Waals surface area contributed by atoms with Crippen molar-refractivity contribution < 1.29 is 9.90 Å². The maximum Gasteiger partial charge on any atom is 0.320 e. The molecule has 2 amide bonds. The van der Waals surface area contributed by atoms with Crippen LogP contribution in [0.15, 0.2) is 30.3 Å². The molecular formula is C27H40N4O2. The highest BCUT2D eigenvalue weighted by atomic mass is 16.3. The summed E-state index contributed by atoms with van der Waals surface area (Å²) in [5, 5.41) is 20.6. The smallest absolute Gasteiger partial charge is 0.320 e. The van der Waals surface area contributed by atoms with E-state index < -0.39 is 11.0 Å². The zero-order valence-electron chi connectivity index (χ0n) is 20.8. The molecule has 6 heteroatoms. The number of rotatable bonds is 7. The first kappa shape index (κ1) is 24.0. The molecular weight excluding hydrogens is 412 g/mol. The van der Waals surface area contributed by atoms with Crippen LogP contribution in [0.25, 0.3) is 0 Å². The third-order valence-corrected chi connectivity index (χ3v) is 8.71. The van der Waals surface area contributed by atoms with Gasteiger partial charge in [-0.25, -0.2) is 4.79 Å². The largest absolute Gasteiger partial charge is 0.388 e. The van der Waals surface area contributed by atoms with E-state index in [1.54, 1.807) is 0 Å². The van der Waals surface area contributed by atoms with Gasteiger partial charge in [-0.15, -0.1) is 0 Å². The van der Waals surface area contributed by atoms with Crippen LogP contribution in [-0.2, 0) is 5.54 Å². The van der Waals surface area contributed by atoms with E-state index in [0.717, 1.165) is 51.5 Å². The lowest BCUT2D eigenvalue weighted by atomic mass is 9.67. The minimum atomic E-state index is -0.752. The zero-order chi connectivity index (χ0) is 23.9. The number of nitriles is 1. The first-order valence-electron chi connectivity index (χ1n) is 12.6. The lowest BCUT2D eigenvalue weighted by molar-refractivity contribution is -0.0733. The van der Waals surface area contributed by atoms with Crippen LogP contribution in [0, 0.1) is 16.7 Å². The minimum Gasteiger partial charge on any atom is -0.388 e. The summed E-state index contributed by atoms with van der Waals surface area (Å²) in [6.07, 6.45) is 6.30. The first-order valence-corrected chi connectivity index (χ1v) is 12.6. The Morgan fingerprint density at radius 3 is 2.27 bits per heavy atom. The van der Waals surface area contributed by atoms with E-state index in [4.69, 9.17) is 0 Å². The molecule has 33 heavy (non-hydrogen) atoms. The van der Waals surface area contributed by atoms with Crippen LogP contribution in [-0.4, -0.2) is 70.2 Å². The van der Waals surface area contributed by atoms with Gasteiger partial charge in [0.2, 0.25) is 0 Å². The predicted molar refractivity (Wildman–Crippen MR) is 129 cm³/mol. The number of benzene rings is 1. The number of hydrogen-bond donors (Lipinski definition) is 1. The molecule has 3 aliphatic rings. The van der Waals surface area contributed by atoms with E-state index >= 15 is 0 Å². The lowest BCUT2D eigenvalue weighted by Crippen LogP contribution is -2.59. The molecule has 1 spiro atoms. The summed E-state index contributed by atoms with van der Waals surface area (Å²) < 4.78 is 0. The number of amides is 2. The molecule has 0 radical (unpaired) electrons. The van der Waals surface area contributed by atoms with Crippen LogP contribution in [0.1, 0.15) is 71.3 Å². The Hall–Kier alpha value is -2.10. The fourth-order valence-electron chi connectivity index (χ4n) is 6.29. The van der Waals surface area contributed by atoms with Gasteiger partial charge in [-0.05, 0) is 77.9 Å². The molecule has 1 saturated heterocycles. The van der Waals surface area contributed by atoms with Gasteiger partial charge in [-0.1, -0.05) is 37.3 Å². The highest BCUT2D eigenvalue weighted by Crippen LogP contribution is 2.50. The van der Waals surface area contributed by atoms with Crippen molar-refractivity contribution in [3.8, 4) is 6.07 Å². The van der Waals surface area contributed by atoms with Crippen LogP contribution >= 0.6 is 0 Å². The molecule has 1 N–H and O–H groups in total. The fourth-order valence-corrected chi connectivity index (χ4v) is 6.29. The molecule has 3 fully saturated rings. The van der Waals surface area contributed by atoms with Crippen molar-refractivity contribution in [3.63, 3.8) is 0 Å². The standard InChI is InChI=1S/C27H40N4O2/c1-5-29(4)27(22-10-7-6-8-11-22)16-14-25(15-17-27)20-30(19-24(2,3)18-28)23(32)31(25)21-26(33)12-9-13-26/h6-8,10-11,33H,5,9,12-17,19-21H2,1-4H3/t25-,27-. The van der Waals surface area contributed by atoms with E-state index in [9.17, 15) is 15.2 Å². The molecule has 1 aromatic rings. The Morgan fingerprint density at radius 1 is 1.12 bits per heavy atom. The Morgan fingerprint density at radius 2 is 1.76 bits per heavy atom. The molecule has 2 saturated carbocycles. The number of urea groups is 1. The monoisotopic (exact) mass is 452 g/mol. The quantitative estimate of drug-likeness (QED) is 0.668. The Bertz CT molecular complexity index is 894. The summed E-state index contributed by atoms with van der Waals surface area (Å²) in [4.78, 5) is 20.0. The van der Waals surface area contributed by atoms with Crippen molar-refractivity contribution in [1.82, 2.24) is 14.7 Å². The van der Waals surface area contributed by atoms with Gasteiger partial charge in [0.25, 0.3) is 0 Å². The molecule has 4 rings (SSSR count). The van der Waals surface area contributed by atoms with Gasteiger partial charge in [0, 0.05) is 18.6 Å². The van der Waals surface area contributed by atoms with E-state index in [0.29, 0.717) is 19.6 Å². The van der Waals surface area contributed by atoms with Crippen molar-refractivity contribution in [2.45, 2.75) is 82.4 Å². The van der Waals surface area contributed by atoms with Crippen LogP contribution in [0.3, 0.4) is 0 Å². The zero-order valence-corrected chi connectivity index (χ0v) is 20.8. The number of carbonyl (C=O) groups is 1. The van der Waals surface area contributed by atoms with Crippen LogP contribution in [0.2, 0.25) is 0 Å². The number of hydrogen-bond acceptors (Lipinski definition) is 4. The normalized spacial score (nSPS) is 29.4. The SMILES string of the molecule is CCN(C)[C@]1(c2ccccc2)CC[C@@]2(CC1)CN(CC(C)(C)C#N)C(=O)N2CC1(O)CCC1. The Kier molecular flexibility index (Phi) is 6.26. The van der Waals surface area contributed by atoms with E-state index in [-0.39, 0.29) is 17.1 Å². The number of β-amino-alcohol motifs (C(OH)–C–C–N with tert-alkyl or cyclic N) is 1. The molecule has 1 aliphatic heterocycles. The first-order chi connectivity index (χ1) is 15.6. The van der Waals surface area contributed by atoms with Gasteiger partial charge in [0.1, 0.15) is 0 Å². The van der Waals surface area contributed by atoms with Crippen LogP contribution < -0.4 is 0 Å². The molecule has 2 aliphatic carbocycles. The summed E-state index contributed by atoms with van der Waals surface area (Å²) in [6, 6.07) is 13.1. The average Bonchev–Trinajstić information content (AvgIpc) is 3.03. The van der Waals surface area contributed by atoms with E-state index in [1.165, 1.54) is 5.56 Å². The van der Waals surface area contributed by atoms with Gasteiger partial charge in [0.15, 0.2) is 0 Å². The van der Waals surface area contributed by atoms with Crippen LogP contribution in [0.5, 0.6) is 0 Å². The van der Waals surface area contributed by atoms with Crippen molar-refractivity contribution in [2.75, 3.05) is 33.2 Å². The molecule has 1 aromatic carbocycles. The van der Waals surface area contributed by atoms with Crippen molar-refractivity contribution in [1.29, 1.82) is 5.26 Å². The topological polar surface area (TPSA) is 70.8 Å². The minimum absolute atomic E-state index is 0.00490. The summed E-state index contributed by atoms with van der Waals surface area (Å²) >= 11 is 0. The average molecular weight is 453 g/mol. The van der Waals surface area contributed by atoms with Gasteiger partial charge in [-0.3, -0.25) is 4.90 Å². The maximum absolute atomic E-state index is 13.6. The second kappa shape index (κ2) is 8.60. The molecule has 0 bridgehead atoms. The van der Waals surface area contributed by atoms with Gasteiger partial charge in [-0.2, -0.15) is 5.26 Å². The molecule has 0 atom stereocenters. The third-order valence-electron chi connectivity index (χ3n) is 8.71. The summed E-state index contributed by atoms with van der Waals surface area (Å²) in [5.41, 5.74) is -0.313. The van der Waals surface area contributed by atoms with Crippen molar-refractivity contribution >= 4 is 6.03 Å². The van der Waals surface area contributed by atoms with Crippen molar-refractivity contribution in [2.24, 2.45) is 5.41 Å². The second-order valence-electron chi connectivity index (χ2n) is 11.4. The molecule has 6 nitrogen and oxygen atoms in total. The van der Waals surface area contributed by atoms with Gasteiger partial charge in [0.05, 0.1) is 29.2 Å². The molecule has 180 valence electrons. The predicted octanol–water partition coefficient (Wildman–Crippen LogP) is 4.35. The molecule has 0 aromatic heterocycles. The highest BCUT2D eigenvalue weighted by molar-refractivity contribution is 5.78. The molecule has 0 unspecified atom stereocenters. The number of aliphatic hydroxyl groups is 1. The summed E-state index contributed by atoms with van der Waals surface area (Å²) in [7, 11) is 2.21. The Balaban J connectivity index is 1.63. The summed E-state index contributed by atoms with van der Waals surface area (Å²) in [6.45, 7) is 8.45. The highest BCUT2D eigenvalue weighted by Gasteiger charge is 2.57. The summed E-state index contributed by atoms with van der Waals surface area (Å²) in [5.74, 6) is 0. The third kappa shape index (κ3) is 4.26. The molecule has 1 heterocycles. The number of carbonyl (C=O) groups excluding carboxylic acids is 1. The Labute approximate surface area is 199 Å². The second-order valence-corrected chi connectivity index (χ2v) is 11.4. The van der Waals surface area contributed by atoms with Crippen LogP contribution in [0.4, 0.5) is 4.79 Å². The van der Waals surface area contributed by atoms with E-state index in [2.05, 4.69) is 55.3 Å². The van der Waals surface area contributed by atoms with Crippen molar-refractivity contribution in [3.05, 3.63) is 35.9 Å². The van der Waals surface area contributed by atoms with E-state index in [1.807, 2.05) is 23.6 Å². The fraction of sp³-hybridized carbons (Fsp3) is 0.704. The number of nitrogens with zero attached hydrogens (tertiary/aromatic N) is 4. The maximum atomic E-state index is 13.6. The van der Waals surface area contributed by atoms with Gasteiger partial charge < -0.3 is 14.9 Å². The van der Waals surface area contributed by atoms with Gasteiger partial charge >= 0.3 is 6.03 Å².